The number of nitrogens with one attached hydrogen (secondary N) is 2. The molecule has 0 bridgehead atoms. The number of urea groups is 1. The Hall–Kier alpha value is -1.71. The molecule has 0 atom stereocenters. The van der Waals surface area contributed by atoms with E-state index in [1.807, 2.05) is 26.8 Å². The molecule has 0 saturated carbocycles. The Bertz CT molecular complexity index is 464. The third-order valence-electron chi connectivity index (χ3n) is 2.94. The monoisotopic (exact) mass is 262 g/mol. The first kappa shape index (κ1) is 13.7. The van der Waals surface area contributed by atoms with Gasteiger partial charge in [-0.3, -0.25) is 0 Å². The van der Waals surface area contributed by atoms with Crippen LogP contribution in [0.4, 0.5) is 4.79 Å². The lowest BCUT2D eigenvalue weighted by molar-refractivity contribution is 0.232. The average Bonchev–Trinajstić information content (AvgIpc) is 2.73. The van der Waals surface area contributed by atoms with Gasteiger partial charge in [-0.25, -0.2) is 4.79 Å². The summed E-state index contributed by atoms with van der Waals surface area (Å²) in [6.07, 6.45) is 1.83. The van der Waals surface area contributed by atoms with Crippen LogP contribution in [0.3, 0.4) is 0 Å². The molecular formula is C15H22N2O2. The molecule has 0 radical (unpaired) electrons. The van der Waals surface area contributed by atoms with Gasteiger partial charge in [0.15, 0.2) is 0 Å². The van der Waals surface area contributed by atoms with Crippen molar-refractivity contribution in [2.24, 2.45) is 0 Å². The predicted molar refractivity (Wildman–Crippen MR) is 75.6 cm³/mol. The topological polar surface area (TPSA) is 50.4 Å². The van der Waals surface area contributed by atoms with Gasteiger partial charge in [0.25, 0.3) is 0 Å². The molecule has 1 aliphatic heterocycles. The molecule has 2 N–H and O–H groups in total. The highest BCUT2D eigenvalue weighted by atomic mass is 16.5. The fraction of sp³-hybridized carbons (Fsp3) is 0.533. The highest BCUT2D eigenvalue weighted by molar-refractivity contribution is 5.74. The Morgan fingerprint density at radius 2 is 2.16 bits per heavy atom. The molecule has 2 amide bonds. The summed E-state index contributed by atoms with van der Waals surface area (Å²) in [5.41, 5.74) is 2.31. The van der Waals surface area contributed by atoms with Gasteiger partial charge in [-0.05, 0) is 44.4 Å². The summed E-state index contributed by atoms with van der Waals surface area (Å²) in [5.74, 6) is 1.00. The fourth-order valence-corrected chi connectivity index (χ4v) is 2.10. The highest BCUT2D eigenvalue weighted by Crippen LogP contribution is 2.25. The molecule has 2 rings (SSSR count). The van der Waals surface area contributed by atoms with Gasteiger partial charge in [-0.15, -0.1) is 0 Å². The Kier molecular flexibility index (Phi) is 3.98. The molecule has 0 aromatic heterocycles. The number of hydrogen-bond acceptors (Lipinski definition) is 2. The van der Waals surface area contributed by atoms with Crippen LogP contribution in [0.1, 0.15) is 31.9 Å². The summed E-state index contributed by atoms with van der Waals surface area (Å²) in [5, 5.41) is 5.75. The largest absolute Gasteiger partial charge is 0.493 e. The van der Waals surface area contributed by atoms with E-state index in [-0.39, 0.29) is 11.6 Å². The van der Waals surface area contributed by atoms with E-state index < -0.39 is 0 Å². The van der Waals surface area contributed by atoms with E-state index in [1.54, 1.807) is 0 Å². The number of rotatable bonds is 3. The molecule has 1 heterocycles. The lowest BCUT2D eigenvalue weighted by Gasteiger charge is -2.20. The van der Waals surface area contributed by atoms with Crippen LogP contribution >= 0.6 is 0 Å². The number of amides is 2. The van der Waals surface area contributed by atoms with Crippen LogP contribution < -0.4 is 15.4 Å². The third kappa shape index (κ3) is 4.16. The number of hydrogen-bond donors (Lipinski definition) is 2. The number of benzene rings is 1. The first-order chi connectivity index (χ1) is 8.94. The van der Waals surface area contributed by atoms with Crippen LogP contribution in [0.15, 0.2) is 18.2 Å². The molecule has 4 heteroatoms. The molecular weight excluding hydrogens is 240 g/mol. The summed E-state index contributed by atoms with van der Waals surface area (Å²) in [4.78, 5) is 11.6. The number of carbonyl (C=O) groups is 1. The zero-order valence-electron chi connectivity index (χ0n) is 11.9. The molecule has 0 saturated heterocycles. The van der Waals surface area contributed by atoms with Crippen molar-refractivity contribution in [1.82, 2.24) is 10.6 Å². The van der Waals surface area contributed by atoms with Crippen molar-refractivity contribution in [2.45, 2.75) is 39.2 Å². The highest BCUT2D eigenvalue weighted by Gasteiger charge is 2.14. The SMILES string of the molecule is CC(C)(C)NC(=O)NCCc1ccc2c(c1)CCO2. The van der Waals surface area contributed by atoms with Crippen LogP contribution in [-0.2, 0) is 12.8 Å². The maximum atomic E-state index is 11.6. The molecule has 19 heavy (non-hydrogen) atoms. The van der Waals surface area contributed by atoms with Crippen molar-refractivity contribution in [3.05, 3.63) is 29.3 Å². The summed E-state index contributed by atoms with van der Waals surface area (Å²) < 4.78 is 5.47. The minimum absolute atomic E-state index is 0.114. The Morgan fingerprint density at radius 1 is 1.37 bits per heavy atom. The van der Waals surface area contributed by atoms with Crippen molar-refractivity contribution >= 4 is 6.03 Å². The van der Waals surface area contributed by atoms with Gasteiger partial charge in [0.05, 0.1) is 6.61 Å². The summed E-state index contributed by atoms with van der Waals surface area (Å²) >= 11 is 0. The van der Waals surface area contributed by atoms with Gasteiger partial charge in [0.2, 0.25) is 0 Å². The Balaban J connectivity index is 1.78. The lowest BCUT2D eigenvalue weighted by Crippen LogP contribution is -2.46. The normalized spacial score (nSPS) is 13.6. The zero-order chi connectivity index (χ0) is 13.9. The van der Waals surface area contributed by atoms with Crippen LogP contribution in [0.2, 0.25) is 0 Å². The standard InChI is InChI=1S/C15H22N2O2/c1-15(2,3)17-14(18)16-8-6-11-4-5-13-12(10-11)7-9-19-13/h4-5,10H,6-9H2,1-3H3,(H2,16,17,18). The maximum Gasteiger partial charge on any atom is 0.315 e. The Labute approximate surface area is 114 Å². The molecule has 1 aromatic carbocycles. The van der Waals surface area contributed by atoms with E-state index in [0.717, 1.165) is 25.2 Å². The maximum absolute atomic E-state index is 11.6. The molecule has 1 aromatic rings. The third-order valence-corrected chi connectivity index (χ3v) is 2.94. The van der Waals surface area contributed by atoms with Gasteiger partial charge in [-0.1, -0.05) is 12.1 Å². The average molecular weight is 262 g/mol. The Morgan fingerprint density at radius 3 is 2.89 bits per heavy atom. The van der Waals surface area contributed by atoms with Gasteiger partial charge < -0.3 is 15.4 Å². The molecule has 0 unspecified atom stereocenters. The minimum atomic E-state index is -0.199. The van der Waals surface area contributed by atoms with Gasteiger partial charge >= 0.3 is 6.03 Å². The molecule has 0 spiro atoms. The first-order valence-corrected chi connectivity index (χ1v) is 6.75. The second-order valence-electron chi connectivity index (χ2n) is 5.92. The van der Waals surface area contributed by atoms with Gasteiger partial charge in [-0.2, -0.15) is 0 Å². The minimum Gasteiger partial charge on any atom is -0.493 e. The molecule has 1 aliphatic rings. The fourth-order valence-electron chi connectivity index (χ4n) is 2.10. The smallest absolute Gasteiger partial charge is 0.315 e. The van der Waals surface area contributed by atoms with E-state index in [4.69, 9.17) is 4.74 Å². The second kappa shape index (κ2) is 5.51. The first-order valence-electron chi connectivity index (χ1n) is 6.75. The molecule has 4 nitrogen and oxygen atoms in total. The molecule has 104 valence electrons. The van der Waals surface area contributed by atoms with Crippen molar-refractivity contribution in [3.63, 3.8) is 0 Å². The van der Waals surface area contributed by atoms with E-state index in [1.165, 1.54) is 11.1 Å². The van der Waals surface area contributed by atoms with E-state index in [9.17, 15) is 4.79 Å². The lowest BCUT2D eigenvalue weighted by atomic mass is 10.1. The van der Waals surface area contributed by atoms with Gasteiger partial charge in [0.1, 0.15) is 5.75 Å². The van der Waals surface area contributed by atoms with Crippen LogP contribution in [0.5, 0.6) is 5.75 Å². The summed E-state index contributed by atoms with van der Waals surface area (Å²) in [7, 11) is 0. The van der Waals surface area contributed by atoms with E-state index >= 15 is 0 Å². The number of carbonyl (C=O) groups excluding carboxylic acids is 1. The zero-order valence-corrected chi connectivity index (χ0v) is 11.9. The van der Waals surface area contributed by atoms with Crippen molar-refractivity contribution in [1.29, 1.82) is 0 Å². The quantitative estimate of drug-likeness (QED) is 0.878. The van der Waals surface area contributed by atoms with Crippen molar-refractivity contribution < 1.29 is 9.53 Å². The molecule has 0 fully saturated rings. The van der Waals surface area contributed by atoms with Crippen molar-refractivity contribution in [2.75, 3.05) is 13.2 Å². The summed E-state index contributed by atoms with van der Waals surface area (Å²) in [6, 6.07) is 6.14. The molecule has 0 aliphatic carbocycles. The van der Waals surface area contributed by atoms with Crippen LogP contribution in [0, 0.1) is 0 Å². The summed E-state index contributed by atoms with van der Waals surface area (Å²) in [6.45, 7) is 7.32. The van der Waals surface area contributed by atoms with Crippen LogP contribution in [0.25, 0.3) is 0 Å². The second-order valence-corrected chi connectivity index (χ2v) is 5.92. The van der Waals surface area contributed by atoms with Crippen LogP contribution in [-0.4, -0.2) is 24.7 Å². The van der Waals surface area contributed by atoms with E-state index in [2.05, 4.69) is 22.8 Å². The predicted octanol–water partition coefficient (Wildman–Crippen LogP) is 2.26. The van der Waals surface area contributed by atoms with E-state index in [0.29, 0.717) is 6.54 Å². The number of ether oxygens (including phenoxy) is 1. The number of fused-ring (bicyclic) bond motifs is 1. The van der Waals surface area contributed by atoms with Gasteiger partial charge in [0, 0.05) is 18.5 Å². The van der Waals surface area contributed by atoms with Crippen molar-refractivity contribution in [3.8, 4) is 5.75 Å².